The van der Waals surface area contributed by atoms with Crippen molar-refractivity contribution in [3.8, 4) is 0 Å². The van der Waals surface area contributed by atoms with Gasteiger partial charge in [0.15, 0.2) is 0 Å². The molecule has 2 aromatic carbocycles. The third kappa shape index (κ3) is 3.82. The van der Waals surface area contributed by atoms with E-state index in [0.717, 1.165) is 10.6 Å². The number of nitrogens with zero attached hydrogens (tertiary/aromatic N) is 3. The molecule has 1 aromatic heterocycles. The van der Waals surface area contributed by atoms with Crippen LogP contribution < -0.4 is 4.90 Å². The minimum atomic E-state index is -0.649. The quantitative estimate of drug-likeness (QED) is 0.470. The van der Waals surface area contributed by atoms with Crippen LogP contribution in [0.3, 0.4) is 0 Å². The predicted octanol–water partition coefficient (Wildman–Crippen LogP) is 4.32. The average Bonchev–Trinajstić information content (AvgIpc) is 2.75. The van der Waals surface area contributed by atoms with Crippen molar-refractivity contribution in [2.75, 3.05) is 11.4 Å². The van der Waals surface area contributed by atoms with Gasteiger partial charge in [0.25, 0.3) is 5.91 Å². The van der Waals surface area contributed by atoms with E-state index in [1.807, 2.05) is 24.3 Å². The molecule has 29 heavy (non-hydrogen) atoms. The zero-order chi connectivity index (χ0) is 20.2. The first kappa shape index (κ1) is 19.0. The maximum absolute atomic E-state index is 13.3. The van der Waals surface area contributed by atoms with Gasteiger partial charge in [-0.05, 0) is 35.9 Å². The number of benzene rings is 2. The van der Waals surface area contributed by atoms with Crippen LogP contribution in [-0.4, -0.2) is 29.6 Å². The summed E-state index contributed by atoms with van der Waals surface area (Å²) in [6.07, 6.45) is 4.04. The molecule has 0 radical (unpaired) electrons. The summed E-state index contributed by atoms with van der Waals surface area (Å²) in [7, 11) is 0. The van der Waals surface area contributed by atoms with Crippen LogP contribution in [0.1, 0.15) is 27.5 Å². The number of imide groups is 1. The number of amides is 2. The zero-order valence-corrected chi connectivity index (χ0v) is 16.3. The molecule has 0 saturated heterocycles. The molecule has 0 bridgehead atoms. The molecule has 1 aliphatic rings. The predicted molar refractivity (Wildman–Crippen MR) is 114 cm³/mol. The fourth-order valence-corrected chi connectivity index (χ4v) is 3.59. The number of carbonyl (C=O) groups excluding carboxylic acids is 2. The summed E-state index contributed by atoms with van der Waals surface area (Å²) in [4.78, 5) is 36.2. The van der Waals surface area contributed by atoms with Crippen molar-refractivity contribution in [1.29, 1.82) is 0 Å². The molecule has 144 valence electrons. The summed E-state index contributed by atoms with van der Waals surface area (Å²) >= 11 is 6.27. The van der Waals surface area contributed by atoms with Gasteiger partial charge in [-0.15, -0.1) is 0 Å². The number of hydrogen-bond acceptors (Lipinski definition) is 4. The highest BCUT2D eigenvalue weighted by atomic mass is 35.5. The molecular formula is C23H18ClN3O2. The molecule has 0 unspecified atom stereocenters. The second-order valence-corrected chi connectivity index (χ2v) is 7.03. The normalized spacial score (nSPS) is 16.3. The first-order chi connectivity index (χ1) is 14.2. The van der Waals surface area contributed by atoms with E-state index in [1.165, 1.54) is 0 Å². The Hall–Kier alpha value is -3.31. The van der Waals surface area contributed by atoms with Crippen molar-refractivity contribution in [1.82, 2.24) is 4.98 Å². The van der Waals surface area contributed by atoms with Gasteiger partial charge in [0, 0.05) is 36.6 Å². The number of aliphatic imine (C=N–C) groups is 1. The van der Waals surface area contributed by atoms with Crippen molar-refractivity contribution in [2.24, 2.45) is 4.99 Å². The standard InChI is InChI=1S/C23H18ClN3O2/c24-20-10-3-4-11-21(20)27-22(28)18-9-2-1-8-17(18)19(23(27)29)15-25-14-12-16-7-5-6-13-26-16/h1-11,13,15,19H,12,14H2/t19-/m0/s1. The summed E-state index contributed by atoms with van der Waals surface area (Å²) in [6, 6.07) is 19.7. The largest absolute Gasteiger partial charge is 0.296 e. The molecule has 0 aliphatic carbocycles. The lowest BCUT2D eigenvalue weighted by molar-refractivity contribution is -0.118. The number of hydrogen-bond donors (Lipinski definition) is 0. The van der Waals surface area contributed by atoms with E-state index < -0.39 is 5.92 Å². The molecule has 4 rings (SSSR count). The SMILES string of the molecule is O=C1c2ccccc2[C@H](C=NCCc2ccccn2)C(=O)N1c1ccccc1Cl. The van der Waals surface area contributed by atoms with Crippen LogP contribution in [0.15, 0.2) is 77.9 Å². The molecule has 0 N–H and O–H groups in total. The van der Waals surface area contributed by atoms with Crippen LogP contribution in [0.5, 0.6) is 0 Å². The first-order valence-corrected chi connectivity index (χ1v) is 9.66. The van der Waals surface area contributed by atoms with Gasteiger partial charge in [-0.3, -0.25) is 19.6 Å². The Morgan fingerprint density at radius 3 is 2.55 bits per heavy atom. The fourth-order valence-electron chi connectivity index (χ4n) is 3.37. The molecule has 5 nitrogen and oxygen atoms in total. The lowest BCUT2D eigenvalue weighted by Crippen LogP contribution is -2.45. The van der Waals surface area contributed by atoms with E-state index in [4.69, 9.17) is 11.6 Å². The summed E-state index contributed by atoms with van der Waals surface area (Å²) in [6.45, 7) is 0.503. The monoisotopic (exact) mass is 403 g/mol. The van der Waals surface area contributed by atoms with Gasteiger partial charge in [-0.2, -0.15) is 0 Å². The van der Waals surface area contributed by atoms with Crippen LogP contribution in [0, 0.1) is 0 Å². The van der Waals surface area contributed by atoms with Gasteiger partial charge in [-0.25, -0.2) is 4.90 Å². The zero-order valence-electron chi connectivity index (χ0n) is 15.5. The number of aromatic nitrogens is 1. The molecule has 0 saturated carbocycles. The Morgan fingerprint density at radius 2 is 1.76 bits per heavy atom. The molecule has 1 atom stereocenters. The molecule has 6 heteroatoms. The molecule has 1 aliphatic heterocycles. The summed E-state index contributed by atoms with van der Waals surface area (Å²) in [5.41, 5.74) is 2.46. The number of anilines is 1. The minimum Gasteiger partial charge on any atom is -0.296 e. The molecule has 0 spiro atoms. The van der Waals surface area contributed by atoms with E-state index in [0.29, 0.717) is 34.8 Å². The fraction of sp³-hybridized carbons (Fsp3) is 0.130. The minimum absolute atomic E-state index is 0.347. The maximum Gasteiger partial charge on any atom is 0.265 e. The molecule has 3 aromatic rings. The Morgan fingerprint density at radius 1 is 1.00 bits per heavy atom. The van der Waals surface area contributed by atoms with Crippen molar-refractivity contribution in [2.45, 2.75) is 12.3 Å². The van der Waals surface area contributed by atoms with E-state index in [9.17, 15) is 9.59 Å². The third-order valence-corrected chi connectivity index (χ3v) is 5.11. The number of halogens is 1. The van der Waals surface area contributed by atoms with E-state index >= 15 is 0 Å². The van der Waals surface area contributed by atoms with Crippen molar-refractivity contribution < 1.29 is 9.59 Å². The van der Waals surface area contributed by atoms with Gasteiger partial charge in [-0.1, -0.05) is 48.0 Å². The number of carbonyl (C=O) groups is 2. The van der Waals surface area contributed by atoms with E-state index in [2.05, 4.69) is 9.98 Å². The van der Waals surface area contributed by atoms with Crippen LogP contribution in [-0.2, 0) is 11.2 Å². The highest BCUT2D eigenvalue weighted by Gasteiger charge is 2.39. The first-order valence-electron chi connectivity index (χ1n) is 9.28. The van der Waals surface area contributed by atoms with Gasteiger partial charge in [0.1, 0.15) is 0 Å². The van der Waals surface area contributed by atoms with Gasteiger partial charge < -0.3 is 0 Å². The lowest BCUT2D eigenvalue weighted by atomic mass is 9.89. The Balaban J connectivity index is 1.64. The van der Waals surface area contributed by atoms with Crippen LogP contribution >= 0.6 is 11.6 Å². The number of pyridine rings is 1. The van der Waals surface area contributed by atoms with Gasteiger partial charge >= 0.3 is 0 Å². The molecule has 0 fully saturated rings. The molecular weight excluding hydrogens is 386 g/mol. The van der Waals surface area contributed by atoms with Crippen molar-refractivity contribution >= 4 is 35.3 Å². The lowest BCUT2D eigenvalue weighted by Gasteiger charge is -2.31. The Labute approximate surface area is 173 Å². The number of rotatable bonds is 5. The highest BCUT2D eigenvalue weighted by molar-refractivity contribution is 6.37. The highest BCUT2D eigenvalue weighted by Crippen LogP contribution is 2.35. The van der Waals surface area contributed by atoms with Crippen LogP contribution in [0.4, 0.5) is 5.69 Å². The van der Waals surface area contributed by atoms with Crippen molar-refractivity contribution in [3.63, 3.8) is 0 Å². The second kappa shape index (κ2) is 8.37. The average molecular weight is 404 g/mol. The molecule has 2 heterocycles. The van der Waals surface area contributed by atoms with Gasteiger partial charge in [0.2, 0.25) is 5.91 Å². The third-order valence-electron chi connectivity index (χ3n) is 4.79. The summed E-state index contributed by atoms with van der Waals surface area (Å²) in [5, 5.41) is 0.347. The van der Waals surface area contributed by atoms with Crippen molar-refractivity contribution in [3.05, 3.63) is 94.8 Å². The van der Waals surface area contributed by atoms with Gasteiger partial charge in [0.05, 0.1) is 16.6 Å². The topological polar surface area (TPSA) is 62.6 Å². The van der Waals surface area contributed by atoms with E-state index in [-0.39, 0.29) is 11.8 Å². The van der Waals surface area contributed by atoms with Crippen LogP contribution in [0.25, 0.3) is 0 Å². The Bertz CT molecular complexity index is 1080. The summed E-state index contributed by atoms with van der Waals surface area (Å²) < 4.78 is 0. The van der Waals surface area contributed by atoms with E-state index in [1.54, 1.807) is 54.9 Å². The van der Waals surface area contributed by atoms with Crippen LogP contribution in [0.2, 0.25) is 5.02 Å². The summed E-state index contributed by atoms with van der Waals surface area (Å²) in [5.74, 6) is -1.39. The number of fused-ring (bicyclic) bond motifs is 1. The second-order valence-electron chi connectivity index (χ2n) is 6.62. The smallest absolute Gasteiger partial charge is 0.265 e. The number of para-hydroxylation sites is 1. The Kier molecular flexibility index (Phi) is 5.49. The maximum atomic E-state index is 13.3. The molecule has 2 amide bonds.